The molecule has 2 fully saturated rings. The molecule has 1 N–H and O–H groups in total. The van der Waals surface area contributed by atoms with E-state index in [1.165, 1.54) is 6.07 Å². The Balaban J connectivity index is 1.81. The molecule has 27 heavy (non-hydrogen) atoms. The molecule has 4 heterocycles. The molecule has 4 rings (SSSR count). The van der Waals surface area contributed by atoms with Gasteiger partial charge in [0.05, 0.1) is 18.0 Å². The van der Waals surface area contributed by atoms with Gasteiger partial charge in [0.2, 0.25) is 11.8 Å². The number of carbonyl (C=O) groups is 2. The van der Waals surface area contributed by atoms with Crippen molar-refractivity contribution in [3.8, 4) is 0 Å². The quantitative estimate of drug-likeness (QED) is 0.848. The third-order valence-electron chi connectivity index (χ3n) is 6.46. The van der Waals surface area contributed by atoms with Crippen LogP contribution in [0, 0.1) is 11.8 Å². The number of rotatable bonds is 3. The first-order chi connectivity index (χ1) is 13.1. The summed E-state index contributed by atoms with van der Waals surface area (Å²) in [6.07, 6.45) is 3.45. The number of amides is 2. The van der Waals surface area contributed by atoms with Gasteiger partial charge in [-0.1, -0.05) is 13.0 Å². The molecule has 3 aliphatic heterocycles. The number of pyridine rings is 1. The number of nitrogens with zero attached hydrogens (tertiary/aromatic N) is 3. The lowest BCUT2D eigenvalue weighted by Crippen LogP contribution is -2.49. The maximum Gasteiger partial charge on any atom is 0.250 e. The predicted octanol–water partition coefficient (Wildman–Crippen LogP) is 0.761. The van der Waals surface area contributed by atoms with Gasteiger partial charge in [0.25, 0.3) is 5.56 Å². The van der Waals surface area contributed by atoms with Crippen LogP contribution in [0.4, 0.5) is 0 Å². The van der Waals surface area contributed by atoms with Gasteiger partial charge < -0.3 is 19.5 Å². The molecule has 7 heteroatoms. The zero-order chi connectivity index (χ0) is 19.1. The van der Waals surface area contributed by atoms with Crippen LogP contribution in [0.5, 0.6) is 0 Å². The number of likely N-dealkylation sites (tertiary alicyclic amines) is 1. The Kier molecular flexibility index (Phi) is 4.80. The first kappa shape index (κ1) is 18.2. The second-order valence-electron chi connectivity index (χ2n) is 7.82. The monoisotopic (exact) mass is 373 g/mol. The van der Waals surface area contributed by atoms with Crippen LogP contribution in [-0.2, 0) is 16.1 Å². The standard InChI is InChI=1S/C20H27N3O4/c1-2-16(25)23-15-11-22-14(7-6-8-17(22)26)19(23)18(13(15)12-24)20(27)21-9-4-3-5-10-21/h6-8,13,15,18-19,24H,2-5,9-12H2,1H3/t13-,15-,18+,19+/m1/s1. The third kappa shape index (κ3) is 2.79. The summed E-state index contributed by atoms with van der Waals surface area (Å²) < 4.78 is 1.68. The number of piperidine rings is 1. The Morgan fingerprint density at radius 3 is 2.59 bits per heavy atom. The highest BCUT2D eigenvalue weighted by Crippen LogP contribution is 2.49. The fraction of sp³-hybridized carbons (Fsp3) is 0.650. The highest BCUT2D eigenvalue weighted by atomic mass is 16.3. The molecule has 0 radical (unpaired) electrons. The average molecular weight is 373 g/mol. The second-order valence-corrected chi connectivity index (χ2v) is 7.82. The Morgan fingerprint density at radius 2 is 1.93 bits per heavy atom. The van der Waals surface area contributed by atoms with Crippen molar-refractivity contribution in [1.82, 2.24) is 14.4 Å². The van der Waals surface area contributed by atoms with Crippen LogP contribution in [0.25, 0.3) is 0 Å². The molecule has 2 amide bonds. The zero-order valence-corrected chi connectivity index (χ0v) is 15.7. The van der Waals surface area contributed by atoms with Crippen LogP contribution >= 0.6 is 0 Å². The maximum absolute atomic E-state index is 13.5. The highest BCUT2D eigenvalue weighted by molar-refractivity contribution is 5.84. The molecule has 0 saturated carbocycles. The van der Waals surface area contributed by atoms with Crippen LogP contribution < -0.4 is 5.56 Å². The van der Waals surface area contributed by atoms with Gasteiger partial charge in [0.1, 0.15) is 0 Å². The van der Waals surface area contributed by atoms with E-state index in [-0.39, 0.29) is 35.9 Å². The number of hydrogen-bond acceptors (Lipinski definition) is 4. The summed E-state index contributed by atoms with van der Waals surface area (Å²) in [5, 5.41) is 10.2. The van der Waals surface area contributed by atoms with Gasteiger partial charge in [-0.25, -0.2) is 0 Å². The molecule has 1 aromatic rings. The van der Waals surface area contributed by atoms with E-state index in [1.807, 2.05) is 17.9 Å². The van der Waals surface area contributed by atoms with Crippen molar-refractivity contribution in [2.75, 3.05) is 19.7 Å². The van der Waals surface area contributed by atoms with Gasteiger partial charge in [0, 0.05) is 50.3 Å². The van der Waals surface area contributed by atoms with Crippen molar-refractivity contribution in [3.05, 3.63) is 34.2 Å². The fourth-order valence-corrected chi connectivity index (χ4v) is 5.19. The topological polar surface area (TPSA) is 82.9 Å². The highest BCUT2D eigenvalue weighted by Gasteiger charge is 2.57. The van der Waals surface area contributed by atoms with Gasteiger partial charge in [0.15, 0.2) is 0 Å². The molecule has 0 aliphatic carbocycles. The molecular formula is C20H27N3O4. The summed E-state index contributed by atoms with van der Waals surface area (Å²) in [4.78, 5) is 42.3. The number of hydrogen-bond donors (Lipinski definition) is 1. The van der Waals surface area contributed by atoms with Gasteiger partial charge in [-0.05, 0) is 25.3 Å². The number of carbonyl (C=O) groups excluding carboxylic acids is 2. The molecule has 3 aliphatic rings. The van der Waals surface area contributed by atoms with Gasteiger partial charge in [-0.3, -0.25) is 14.4 Å². The summed E-state index contributed by atoms with van der Waals surface area (Å²) in [5.74, 6) is -0.858. The van der Waals surface area contributed by atoms with Crippen LogP contribution in [0.1, 0.15) is 44.3 Å². The normalized spacial score (nSPS) is 29.6. The smallest absolute Gasteiger partial charge is 0.250 e. The summed E-state index contributed by atoms with van der Waals surface area (Å²) in [5.41, 5.74) is 0.598. The number of fused-ring (bicyclic) bond motifs is 4. The molecule has 1 aromatic heterocycles. The van der Waals surface area contributed by atoms with E-state index in [9.17, 15) is 19.5 Å². The van der Waals surface area contributed by atoms with Crippen molar-refractivity contribution < 1.29 is 14.7 Å². The lowest BCUT2D eigenvalue weighted by Gasteiger charge is -2.38. The number of aliphatic hydroxyl groups is 1. The molecular weight excluding hydrogens is 346 g/mol. The van der Waals surface area contributed by atoms with Crippen molar-refractivity contribution in [1.29, 1.82) is 0 Å². The summed E-state index contributed by atoms with van der Waals surface area (Å²) in [6.45, 7) is 3.44. The fourth-order valence-electron chi connectivity index (χ4n) is 5.19. The Bertz CT molecular complexity index is 799. The molecule has 0 unspecified atom stereocenters. The summed E-state index contributed by atoms with van der Waals surface area (Å²) in [6, 6.07) is 4.25. The third-order valence-corrected chi connectivity index (χ3v) is 6.46. The maximum atomic E-state index is 13.5. The zero-order valence-electron chi connectivity index (χ0n) is 15.7. The van der Waals surface area contributed by atoms with E-state index in [1.54, 1.807) is 15.5 Å². The van der Waals surface area contributed by atoms with Gasteiger partial charge in [-0.15, -0.1) is 0 Å². The Hall–Kier alpha value is -2.15. The molecule has 0 spiro atoms. The predicted molar refractivity (Wildman–Crippen MR) is 98.9 cm³/mol. The van der Waals surface area contributed by atoms with E-state index in [2.05, 4.69) is 0 Å². The van der Waals surface area contributed by atoms with Crippen LogP contribution in [0.15, 0.2) is 23.0 Å². The lowest BCUT2D eigenvalue weighted by atomic mass is 9.85. The second kappa shape index (κ2) is 7.11. The molecule has 0 aromatic carbocycles. The lowest BCUT2D eigenvalue weighted by molar-refractivity contribution is -0.140. The minimum Gasteiger partial charge on any atom is -0.396 e. The van der Waals surface area contributed by atoms with Crippen LogP contribution in [0.2, 0.25) is 0 Å². The van der Waals surface area contributed by atoms with Crippen molar-refractivity contribution >= 4 is 11.8 Å². The molecule has 7 nitrogen and oxygen atoms in total. The molecule has 146 valence electrons. The van der Waals surface area contributed by atoms with Crippen molar-refractivity contribution in [3.63, 3.8) is 0 Å². The first-order valence-corrected chi connectivity index (χ1v) is 9.99. The largest absolute Gasteiger partial charge is 0.396 e. The average Bonchev–Trinajstić information content (AvgIpc) is 2.95. The van der Waals surface area contributed by atoms with E-state index < -0.39 is 12.0 Å². The SMILES string of the molecule is CCC(=O)N1[C@@H]2Cn3c(cccc3=O)[C@H]1[C@@H](C(=O)N1CCCCC1)[C@@H]2CO. The van der Waals surface area contributed by atoms with E-state index in [4.69, 9.17) is 0 Å². The van der Waals surface area contributed by atoms with E-state index in [0.29, 0.717) is 18.7 Å². The molecule has 2 bridgehead atoms. The summed E-state index contributed by atoms with van der Waals surface area (Å²) >= 11 is 0. The van der Waals surface area contributed by atoms with Crippen molar-refractivity contribution in [2.45, 2.75) is 51.2 Å². The van der Waals surface area contributed by atoms with E-state index >= 15 is 0 Å². The minimum atomic E-state index is -0.496. The van der Waals surface area contributed by atoms with Gasteiger partial charge >= 0.3 is 0 Å². The minimum absolute atomic E-state index is 0.0138. The van der Waals surface area contributed by atoms with E-state index in [0.717, 1.165) is 32.4 Å². The van der Waals surface area contributed by atoms with Crippen LogP contribution in [-0.4, -0.2) is 57.0 Å². The Labute approximate surface area is 158 Å². The Morgan fingerprint density at radius 1 is 1.19 bits per heavy atom. The van der Waals surface area contributed by atoms with Gasteiger partial charge in [-0.2, -0.15) is 0 Å². The first-order valence-electron chi connectivity index (χ1n) is 9.99. The summed E-state index contributed by atoms with van der Waals surface area (Å²) in [7, 11) is 0. The van der Waals surface area contributed by atoms with Crippen molar-refractivity contribution in [2.24, 2.45) is 11.8 Å². The number of aromatic nitrogens is 1. The molecule has 4 atom stereocenters. The van der Waals surface area contributed by atoms with Crippen LogP contribution in [0.3, 0.4) is 0 Å². The molecule has 2 saturated heterocycles. The number of aliphatic hydroxyl groups excluding tert-OH is 1.